The van der Waals surface area contributed by atoms with E-state index in [1.54, 1.807) is 12.1 Å². The number of imide groups is 1. The Morgan fingerprint density at radius 3 is 2.32 bits per heavy atom. The Kier molecular flexibility index (Phi) is 4.95. The number of rotatable bonds is 5. The molecule has 0 radical (unpaired) electrons. The summed E-state index contributed by atoms with van der Waals surface area (Å²) in [6, 6.07) is 14.4. The van der Waals surface area contributed by atoms with Crippen molar-refractivity contribution >= 4 is 34.8 Å². The monoisotopic (exact) mass is 357 g/mol. The van der Waals surface area contributed by atoms with Crippen molar-refractivity contribution in [1.82, 2.24) is 4.90 Å². The van der Waals surface area contributed by atoms with Gasteiger partial charge in [-0.3, -0.25) is 14.5 Å². The van der Waals surface area contributed by atoms with Crippen LogP contribution in [0, 0.1) is 0 Å². The highest BCUT2D eigenvalue weighted by atomic mass is 35.5. The lowest BCUT2D eigenvalue weighted by molar-refractivity contribution is -0.139. The van der Waals surface area contributed by atoms with Crippen LogP contribution in [0.3, 0.4) is 0 Å². The number of hydrogen-bond acceptors (Lipinski definition) is 4. The molecule has 2 aromatic rings. The van der Waals surface area contributed by atoms with E-state index in [9.17, 15) is 9.59 Å². The highest BCUT2D eigenvalue weighted by Crippen LogP contribution is 2.22. The highest BCUT2D eigenvalue weighted by molar-refractivity contribution is 6.30. The summed E-state index contributed by atoms with van der Waals surface area (Å²) < 4.78 is 0. The Bertz CT molecular complexity index is 772. The van der Waals surface area contributed by atoms with Crippen LogP contribution >= 0.6 is 11.6 Å². The second-order valence-corrected chi connectivity index (χ2v) is 6.72. The first-order chi connectivity index (χ1) is 11.9. The lowest BCUT2D eigenvalue weighted by atomic mass is 10.2. The molecule has 0 unspecified atom stereocenters. The summed E-state index contributed by atoms with van der Waals surface area (Å²) in [6.07, 6.45) is 0.169. The number of likely N-dealkylation sites (tertiary alicyclic amines) is 1. The van der Waals surface area contributed by atoms with Crippen molar-refractivity contribution in [1.29, 1.82) is 0 Å². The van der Waals surface area contributed by atoms with Gasteiger partial charge >= 0.3 is 0 Å². The summed E-state index contributed by atoms with van der Waals surface area (Å²) in [7, 11) is 3.94. The normalized spacial score (nSPS) is 17.1. The Morgan fingerprint density at radius 2 is 1.72 bits per heavy atom. The lowest BCUT2D eigenvalue weighted by Crippen LogP contribution is -2.34. The van der Waals surface area contributed by atoms with Crippen LogP contribution in [0.4, 0.5) is 11.4 Å². The molecule has 25 heavy (non-hydrogen) atoms. The molecule has 1 N–H and O–H groups in total. The summed E-state index contributed by atoms with van der Waals surface area (Å²) >= 11 is 5.87. The van der Waals surface area contributed by atoms with Gasteiger partial charge in [0.1, 0.15) is 6.04 Å². The zero-order valence-electron chi connectivity index (χ0n) is 14.2. The molecular formula is C19H20ClN3O2. The van der Waals surface area contributed by atoms with Crippen LogP contribution in [0.2, 0.25) is 5.02 Å². The molecule has 1 aliphatic rings. The number of nitrogens with zero attached hydrogens (tertiary/aromatic N) is 2. The van der Waals surface area contributed by atoms with Gasteiger partial charge in [-0.25, -0.2) is 0 Å². The Morgan fingerprint density at radius 1 is 1.08 bits per heavy atom. The molecule has 130 valence electrons. The van der Waals surface area contributed by atoms with Gasteiger partial charge in [0.15, 0.2) is 0 Å². The Balaban J connectivity index is 1.67. The number of amides is 2. The van der Waals surface area contributed by atoms with E-state index in [0.717, 1.165) is 16.9 Å². The first-order valence-corrected chi connectivity index (χ1v) is 8.44. The first-order valence-electron chi connectivity index (χ1n) is 8.06. The molecule has 0 saturated carbocycles. The van der Waals surface area contributed by atoms with Gasteiger partial charge in [-0.05, 0) is 42.0 Å². The fourth-order valence-electron chi connectivity index (χ4n) is 2.79. The van der Waals surface area contributed by atoms with Gasteiger partial charge in [-0.2, -0.15) is 0 Å². The van der Waals surface area contributed by atoms with Gasteiger partial charge in [0.05, 0.1) is 13.0 Å². The van der Waals surface area contributed by atoms with Crippen molar-refractivity contribution in [2.75, 3.05) is 24.3 Å². The zero-order chi connectivity index (χ0) is 18.0. The number of nitrogens with one attached hydrogen (secondary N) is 1. The van der Waals surface area contributed by atoms with E-state index in [2.05, 4.69) is 5.32 Å². The van der Waals surface area contributed by atoms with E-state index in [0.29, 0.717) is 5.02 Å². The standard InChI is InChI=1S/C19H20ClN3O2/c1-22(2)16-9-7-15(8-10-16)21-17-11-18(24)23(19(17)25)12-13-3-5-14(20)6-4-13/h3-10,17,21H,11-12H2,1-2H3/t17-/m1/s1. The third-order valence-corrected chi connectivity index (χ3v) is 4.47. The van der Waals surface area contributed by atoms with Gasteiger partial charge in [-0.15, -0.1) is 0 Å². The molecule has 0 spiro atoms. The van der Waals surface area contributed by atoms with E-state index in [-0.39, 0.29) is 24.8 Å². The molecule has 3 rings (SSSR count). The van der Waals surface area contributed by atoms with Crippen LogP contribution < -0.4 is 10.2 Å². The van der Waals surface area contributed by atoms with Gasteiger partial charge < -0.3 is 10.2 Å². The van der Waals surface area contributed by atoms with Crippen molar-refractivity contribution < 1.29 is 9.59 Å². The second-order valence-electron chi connectivity index (χ2n) is 6.29. The molecule has 0 bridgehead atoms. The van der Waals surface area contributed by atoms with Crippen LogP contribution in [0.15, 0.2) is 48.5 Å². The minimum Gasteiger partial charge on any atom is -0.378 e. The predicted molar refractivity (Wildman–Crippen MR) is 99.8 cm³/mol. The van der Waals surface area contributed by atoms with Crippen molar-refractivity contribution in [3.05, 3.63) is 59.1 Å². The summed E-state index contributed by atoms with van der Waals surface area (Å²) in [5, 5.41) is 3.79. The third kappa shape index (κ3) is 3.94. The molecule has 1 heterocycles. The molecular weight excluding hydrogens is 338 g/mol. The minimum atomic E-state index is -0.523. The average molecular weight is 358 g/mol. The van der Waals surface area contributed by atoms with Crippen LogP contribution in [0.25, 0.3) is 0 Å². The van der Waals surface area contributed by atoms with Gasteiger partial charge in [0, 0.05) is 30.5 Å². The SMILES string of the molecule is CN(C)c1ccc(N[C@@H]2CC(=O)N(Cc3ccc(Cl)cc3)C2=O)cc1. The fourth-order valence-corrected chi connectivity index (χ4v) is 2.92. The molecule has 5 nitrogen and oxygen atoms in total. The van der Waals surface area contributed by atoms with E-state index < -0.39 is 6.04 Å². The number of carbonyl (C=O) groups excluding carboxylic acids is 2. The molecule has 1 fully saturated rings. The maximum absolute atomic E-state index is 12.6. The molecule has 1 atom stereocenters. The molecule has 6 heteroatoms. The fraction of sp³-hybridized carbons (Fsp3) is 0.263. The summed E-state index contributed by atoms with van der Waals surface area (Å²) in [5.74, 6) is -0.362. The number of anilines is 2. The van der Waals surface area contributed by atoms with Gasteiger partial charge in [0.25, 0.3) is 5.91 Å². The first kappa shape index (κ1) is 17.3. The highest BCUT2D eigenvalue weighted by Gasteiger charge is 2.38. The maximum Gasteiger partial charge on any atom is 0.252 e. The molecule has 1 aliphatic heterocycles. The topological polar surface area (TPSA) is 52.7 Å². The van der Waals surface area contributed by atoms with E-state index >= 15 is 0 Å². The van der Waals surface area contributed by atoms with Crippen molar-refractivity contribution in [3.63, 3.8) is 0 Å². The van der Waals surface area contributed by atoms with Crippen LogP contribution in [0.5, 0.6) is 0 Å². The Labute approximate surface area is 152 Å². The second kappa shape index (κ2) is 7.15. The van der Waals surface area contributed by atoms with Crippen LogP contribution in [-0.4, -0.2) is 36.9 Å². The van der Waals surface area contributed by atoms with Crippen molar-refractivity contribution in [3.8, 4) is 0 Å². The van der Waals surface area contributed by atoms with Crippen molar-refractivity contribution in [2.24, 2.45) is 0 Å². The average Bonchev–Trinajstić information content (AvgIpc) is 2.85. The maximum atomic E-state index is 12.6. The zero-order valence-corrected chi connectivity index (χ0v) is 15.0. The Hall–Kier alpha value is -2.53. The molecule has 1 saturated heterocycles. The molecule has 2 amide bonds. The largest absolute Gasteiger partial charge is 0.378 e. The smallest absolute Gasteiger partial charge is 0.252 e. The summed E-state index contributed by atoms with van der Waals surface area (Å²) in [6.45, 7) is 0.270. The summed E-state index contributed by atoms with van der Waals surface area (Å²) in [5.41, 5.74) is 2.77. The predicted octanol–water partition coefficient (Wildman–Crippen LogP) is 3.15. The quantitative estimate of drug-likeness (QED) is 0.835. The third-order valence-electron chi connectivity index (χ3n) is 4.22. The van der Waals surface area contributed by atoms with Crippen LogP contribution in [-0.2, 0) is 16.1 Å². The number of halogens is 1. The number of hydrogen-bond donors (Lipinski definition) is 1. The molecule has 2 aromatic carbocycles. The number of benzene rings is 2. The molecule has 0 aliphatic carbocycles. The summed E-state index contributed by atoms with van der Waals surface area (Å²) in [4.78, 5) is 28.1. The molecule has 0 aromatic heterocycles. The van der Waals surface area contributed by atoms with E-state index in [1.807, 2.05) is 55.4 Å². The van der Waals surface area contributed by atoms with Crippen molar-refractivity contribution in [2.45, 2.75) is 19.0 Å². The minimum absolute atomic E-state index is 0.164. The van der Waals surface area contributed by atoms with Crippen LogP contribution in [0.1, 0.15) is 12.0 Å². The number of carbonyl (C=O) groups is 2. The van der Waals surface area contributed by atoms with E-state index in [1.165, 1.54) is 4.90 Å². The van der Waals surface area contributed by atoms with Gasteiger partial charge in [0.2, 0.25) is 5.91 Å². The van der Waals surface area contributed by atoms with Gasteiger partial charge in [-0.1, -0.05) is 23.7 Å². The van der Waals surface area contributed by atoms with E-state index in [4.69, 9.17) is 11.6 Å². The lowest BCUT2D eigenvalue weighted by Gasteiger charge is -2.17.